The van der Waals surface area contributed by atoms with E-state index in [1.54, 1.807) is 11.8 Å². The average Bonchev–Trinajstić information content (AvgIpc) is 2.96. The van der Waals surface area contributed by atoms with Crippen molar-refractivity contribution in [2.24, 2.45) is 5.41 Å². The van der Waals surface area contributed by atoms with E-state index in [0.29, 0.717) is 24.9 Å². The van der Waals surface area contributed by atoms with Gasteiger partial charge < -0.3 is 10.4 Å². The predicted octanol–water partition coefficient (Wildman–Crippen LogP) is 3.73. The van der Waals surface area contributed by atoms with Crippen LogP contribution in [-0.2, 0) is 4.79 Å². The highest BCUT2D eigenvalue weighted by atomic mass is 32.2. The van der Waals surface area contributed by atoms with E-state index in [9.17, 15) is 15.2 Å². The summed E-state index contributed by atoms with van der Waals surface area (Å²) in [6, 6.07) is 7.92. The molecule has 1 fully saturated rings. The zero-order valence-electron chi connectivity index (χ0n) is 12.2. The second kappa shape index (κ2) is 6.86. The van der Waals surface area contributed by atoms with E-state index in [1.165, 1.54) is 0 Å². The van der Waals surface area contributed by atoms with E-state index in [4.69, 9.17) is 0 Å². The Balaban J connectivity index is 2.18. The first-order valence-electron chi connectivity index (χ1n) is 7.26. The molecule has 2 N–H and O–H groups in total. The van der Waals surface area contributed by atoms with Gasteiger partial charge in [-0.3, -0.25) is 4.79 Å². The van der Waals surface area contributed by atoms with E-state index < -0.39 is 11.4 Å². The molecule has 0 heterocycles. The van der Waals surface area contributed by atoms with Crippen molar-refractivity contribution >= 4 is 23.4 Å². The molecule has 1 aliphatic carbocycles. The molecule has 0 spiro atoms. The summed E-state index contributed by atoms with van der Waals surface area (Å²) in [5.74, 6) is 0.169. The van der Waals surface area contributed by atoms with Crippen LogP contribution in [0.1, 0.15) is 38.2 Å². The zero-order chi connectivity index (χ0) is 15.3. The number of nitriles is 1. The average molecular weight is 304 g/mol. The van der Waals surface area contributed by atoms with Crippen molar-refractivity contribution in [2.45, 2.75) is 37.5 Å². The van der Waals surface area contributed by atoms with Crippen molar-refractivity contribution in [3.8, 4) is 6.07 Å². The minimum absolute atomic E-state index is 0.386. The molecule has 0 atom stereocenters. The highest BCUT2D eigenvalue weighted by Crippen LogP contribution is 2.39. The Morgan fingerprint density at radius 3 is 2.76 bits per heavy atom. The van der Waals surface area contributed by atoms with E-state index in [2.05, 4.69) is 11.4 Å². The van der Waals surface area contributed by atoms with Crippen LogP contribution in [0.5, 0.6) is 0 Å². The Labute approximate surface area is 129 Å². The monoisotopic (exact) mass is 304 g/mol. The van der Waals surface area contributed by atoms with Gasteiger partial charge in [0.05, 0.1) is 16.7 Å². The smallest absolute Gasteiger partial charge is 0.311 e. The maximum Gasteiger partial charge on any atom is 0.311 e. The fraction of sp³-hybridized carbons (Fsp3) is 0.500. The van der Waals surface area contributed by atoms with Crippen LogP contribution in [0.3, 0.4) is 0 Å². The van der Waals surface area contributed by atoms with E-state index in [1.807, 2.05) is 25.1 Å². The van der Waals surface area contributed by atoms with Crippen molar-refractivity contribution in [1.82, 2.24) is 0 Å². The zero-order valence-corrected chi connectivity index (χ0v) is 13.0. The van der Waals surface area contributed by atoms with Crippen LogP contribution in [0.25, 0.3) is 0 Å². The molecule has 0 amide bonds. The molecule has 1 aliphatic rings. The number of rotatable bonds is 6. The number of carboxylic acid groups (broad SMARTS) is 1. The lowest BCUT2D eigenvalue weighted by Crippen LogP contribution is -2.35. The lowest BCUT2D eigenvalue weighted by molar-refractivity contribution is -0.147. The largest absolute Gasteiger partial charge is 0.481 e. The topological polar surface area (TPSA) is 73.1 Å². The molecule has 0 aromatic heterocycles. The van der Waals surface area contributed by atoms with E-state index in [0.717, 1.165) is 29.2 Å². The summed E-state index contributed by atoms with van der Waals surface area (Å²) in [4.78, 5) is 12.5. The number of nitrogens with one attached hydrogen (secondary N) is 1. The Bertz CT molecular complexity index is 560. The summed E-state index contributed by atoms with van der Waals surface area (Å²) in [5, 5.41) is 22.1. The molecule has 5 heteroatoms. The Hall–Kier alpha value is -1.67. The number of aliphatic carboxylic acids is 1. The molecule has 1 saturated carbocycles. The standard InChI is InChI=1S/C16H20N2O2S/c1-2-21-14-7-5-6-13(12(14)10-17)18-11-16(15(19)20)8-3-4-9-16/h5-7,18H,2-4,8-9,11H2,1H3,(H,19,20). The first-order chi connectivity index (χ1) is 10.1. The van der Waals surface area contributed by atoms with Crippen molar-refractivity contribution in [3.05, 3.63) is 23.8 Å². The molecule has 21 heavy (non-hydrogen) atoms. The number of hydrogen-bond donors (Lipinski definition) is 2. The molecule has 0 aliphatic heterocycles. The number of benzene rings is 1. The first-order valence-corrected chi connectivity index (χ1v) is 8.25. The fourth-order valence-corrected chi connectivity index (χ4v) is 3.64. The first kappa shape index (κ1) is 15.7. The van der Waals surface area contributed by atoms with Gasteiger partial charge in [0, 0.05) is 11.4 Å². The predicted molar refractivity (Wildman–Crippen MR) is 84.6 cm³/mol. The molecule has 1 aromatic rings. The maximum absolute atomic E-state index is 11.6. The lowest BCUT2D eigenvalue weighted by Gasteiger charge is -2.25. The van der Waals surface area contributed by atoms with E-state index >= 15 is 0 Å². The molecular weight excluding hydrogens is 284 g/mol. The van der Waals surface area contributed by atoms with Gasteiger partial charge in [-0.15, -0.1) is 11.8 Å². The van der Waals surface area contributed by atoms with Gasteiger partial charge in [0.2, 0.25) is 0 Å². The number of hydrogen-bond acceptors (Lipinski definition) is 4. The SMILES string of the molecule is CCSc1cccc(NCC2(C(=O)O)CCCC2)c1C#N. The molecule has 112 valence electrons. The van der Waals surface area contributed by atoms with Gasteiger partial charge in [0.15, 0.2) is 0 Å². The van der Waals surface area contributed by atoms with Crippen LogP contribution < -0.4 is 5.32 Å². The summed E-state index contributed by atoms with van der Waals surface area (Å²) < 4.78 is 0. The van der Waals surface area contributed by atoms with Crippen LogP contribution in [0, 0.1) is 16.7 Å². The lowest BCUT2D eigenvalue weighted by atomic mass is 9.86. The second-order valence-electron chi connectivity index (χ2n) is 5.37. The van der Waals surface area contributed by atoms with Gasteiger partial charge in [-0.2, -0.15) is 5.26 Å². The van der Waals surface area contributed by atoms with Crippen LogP contribution >= 0.6 is 11.8 Å². The molecule has 0 saturated heterocycles. The van der Waals surface area contributed by atoms with Crippen molar-refractivity contribution in [1.29, 1.82) is 5.26 Å². The summed E-state index contributed by atoms with van der Waals surface area (Å²) in [7, 11) is 0. The number of nitrogens with zero attached hydrogens (tertiary/aromatic N) is 1. The number of anilines is 1. The minimum atomic E-state index is -0.731. The van der Waals surface area contributed by atoms with Crippen molar-refractivity contribution in [2.75, 3.05) is 17.6 Å². The third kappa shape index (κ3) is 3.33. The number of carbonyl (C=O) groups is 1. The van der Waals surface area contributed by atoms with Gasteiger partial charge >= 0.3 is 5.97 Å². The van der Waals surface area contributed by atoms with Gasteiger partial charge in [-0.25, -0.2) is 0 Å². The molecule has 0 unspecified atom stereocenters. The van der Waals surface area contributed by atoms with Gasteiger partial charge in [-0.1, -0.05) is 25.8 Å². The van der Waals surface area contributed by atoms with Crippen molar-refractivity contribution < 1.29 is 9.90 Å². The van der Waals surface area contributed by atoms with Crippen molar-refractivity contribution in [3.63, 3.8) is 0 Å². The second-order valence-corrected chi connectivity index (χ2v) is 6.68. The quantitative estimate of drug-likeness (QED) is 0.783. The normalized spacial score (nSPS) is 16.4. The fourth-order valence-electron chi connectivity index (χ4n) is 2.85. The van der Waals surface area contributed by atoms with Crippen LogP contribution in [0.2, 0.25) is 0 Å². The van der Waals surface area contributed by atoms with Gasteiger partial charge in [0.1, 0.15) is 6.07 Å². The molecule has 2 rings (SSSR count). The highest BCUT2D eigenvalue weighted by Gasteiger charge is 2.41. The molecule has 1 aromatic carbocycles. The minimum Gasteiger partial charge on any atom is -0.481 e. The number of carboxylic acids is 1. The van der Waals surface area contributed by atoms with Gasteiger partial charge in [0.25, 0.3) is 0 Å². The summed E-state index contributed by atoms with van der Waals surface area (Å²) in [6.07, 6.45) is 3.34. The Morgan fingerprint density at radius 1 is 1.48 bits per heavy atom. The molecule has 0 radical (unpaired) electrons. The molecule has 0 bridgehead atoms. The van der Waals surface area contributed by atoms with Crippen LogP contribution in [-0.4, -0.2) is 23.4 Å². The summed E-state index contributed by atoms with van der Waals surface area (Å²) in [5.41, 5.74) is 0.673. The van der Waals surface area contributed by atoms with Crippen LogP contribution in [0.4, 0.5) is 5.69 Å². The third-order valence-electron chi connectivity index (χ3n) is 4.07. The molecular formula is C16H20N2O2S. The maximum atomic E-state index is 11.6. The van der Waals surface area contributed by atoms with E-state index in [-0.39, 0.29) is 0 Å². The summed E-state index contributed by atoms with van der Waals surface area (Å²) >= 11 is 1.63. The van der Waals surface area contributed by atoms with Crippen LogP contribution in [0.15, 0.2) is 23.1 Å². The highest BCUT2D eigenvalue weighted by molar-refractivity contribution is 7.99. The Morgan fingerprint density at radius 2 is 2.19 bits per heavy atom. The Kier molecular flexibility index (Phi) is 5.13. The number of thioether (sulfide) groups is 1. The summed E-state index contributed by atoms with van der Waals surface area (Å²) in [6.45, 7) is 2.43. The molecule has 4 nitrogen and oxygen atoms in total. The van der Waals surface area contributed by atoms with Gasteiger partial charge in [-0.05, 0) is 30.7 Å². The third-order valence-corrected chi connectivity index (χ3v) is 5.01.